The molecule has 2 aromatic heterocycles. The summed E-state index contributed by atoms with van der Waals surface area (Å²) in [6.45, 7) is 4.42. The lowest BCUT2D eigenvalue weighted by atomic mass is 10.0. The standard InChI is InChI=1S/C30H36ClN9O4S/c1-18-13-24(27(43-3)16-25(18)40-10-6-20(7-11-40)34-28-5-9-33-39(28)2)36-30-32-17-21(31)29(37-30)35-22-15-26-19(8-12-44-26)14-23(22)38-45(4,41)42/h5,9,13-17,20,34,38H,6-8,10-12H2,1-4H3,(H2,32,35,36,37). The van der Waals surface area contributed by atoms with Crippen LogP contribution in [-0.4, -0.2) is 67.3 Å². The van der Waals surface area contributed by atoms with Crippen LogP contribution in [0.1, 0.15) is 24.0 Å². The zero-order valence-corrected chi connectivity index (χ0v) is 27.1. The van der Waals surface area contributed by atoms with Crippen LogP contribution in [0.3, 0.4) is 0 Å². The van der Waals surface area contributed by atoms with Crippen LogP contribution in [0.5, 0.6) is 11.5 Å². The number of hydrogen-bond acceptors (Lipinski definition) is 11. The Morgan fingerprint density at radius 2 is 1.89 bits per heavy atom. The number of ether oxygens (including phenoxy) is 2. The molecule has 0 saturated carbocycles. The minimum absolute atomic E-state index is 0.257. The first-order chi connectivity index (χ1) is 21.6. The predicted molar refractivity (Wildman–Crippen MR) is 178 cm³/mol. The van der Waals surface area contributed by atoms with Crippen molar-refractivity contribution in [1.29, 1.82) is 0 Å². The van der Waals surface area contributed by atoms with E-state index in [1.807, 2.05) is 29.9 Å². The summed E-state index contributed by atoms with van der Waals surface area (Å²) in [7, 11) is 0.0293. The van der Waals surface area contributed by atoms with Gasteiger partial charge in [0.25, 0.3) is 0 Å². The molecule has 1 saturated heterocycles. The maximum absolute atomic E-state index is 12.1. The molecule has 238 valence electrons. The zero-order valence-electron chi connectivity index (χ0n) is 25.5. The Kier molecular flexibility index (Phi) is 8.51. The Bertz CT molecular complexity index is 1820. The molecular weight excluding hydrogens is 618 g/mol. The van der Waals surface area contributed by atoms with E-state index in [4.69, 9.17) is 21.1 Å². The highest BCUT2D eigenvalue weighted by Gasteiger charge is 2.23. The Labute approximate surface area is 267 Å². The van der Waals surface area contributed by atoms with Gasteiger partial charge in [-0.3, -0.25) is 9.40 Å². The predicted octanol–water partition coefficient (Wildman–Crippen LogP) is 5.06. The molecule has 2 aliphatic heterocycles. The van der Waals surface area contributed by atoms with Gasteiger partial charge in [0.05, 0.1) is 49.4 Å². The summed E-state index contributed by atoms with van der Waals surface area (Å²) >= 11 is 6.48. The van der Waals surface area contributed by atoms with Gasteiger partial charge < -0.3 is 30.3 Å². The second kappa shape index (κ2) is 12.5. The van der Waals surface area contributed by atoms with Crippen molar-refractivity contribution in [3.63, 3.8) is 0 Å². The topological polar surface area (TPSA) is 148 Å². The summed E-state index contributed by atoms with van der Waals surface area (Å²) in [5, 5.41) is 14.5. The molecule has 13 nitrogen and oxygen atoms in total. The average molecular weight is 654 g/mol. The summed E-state index contributed by atoms with van der Waals surface area (Å²) in [6, 6.07) is 9.93. The third kappa shape index (κ3) is 6.96. The van der Waals surface area contributed by atoms with Crippen LogP contribution in [0, 0.1) is 6.92 Å². The monoisotopic (exact) mass is 653 g/mol. The molecule has 15 heteroatoms. The van der Waals surface area contributed by atoms with Gasteiger partial charge in [0.2, 0.25) is 16.0 Å². The summed E-state index contributed by atoms with van der Waals surface area (Å²) in [5.74, 6) is 2.92. The van der Waals surface area contributed by atoms with E-state index in [1.165, 1.54) is 6.20 Å². The number of fused-ring (bicyclic) bond motifs is 1. The van der Waals surface area contributed by atoms with Crippen LogP contribution in [-0.2, 0) is 23.5 Å². The lowest BCUT2D eigenvalue weighted by molar-refractivity contribution is 0.357. The number of methoxy groups -OCH3 is 1. The SMILES string of the molecule is COc1cc(N2CCC(Nc3ccnn3C)CC2)c(C)cc1Nc1ncc(Cl)c(Nc2cc3c(cc2NS(C)(=O)=O)CCO3)n1. The van der Waals surface area contributed by atoms with Crippen LogP contribution in [0.2, 0.25) is 5.02 Å². The van der Waals surface area contributed by atoms with E-state index in [-0.39, 0.29) is 11.0 Å². The highest BCUT2D eigenvalue weighted by Crippen LogP contribution is 2.39. The quantitative estimate of drug-likeness (QED) is 0.182. The third-order valence-electron chi connectivity index (χ3n) is 7.90. The maximum atomic E-state index is 12.1. The molecule has 0 aliphatic carbocycles. The molecule has 0 radical (unpaired) electrons. The minimum atomic E-state index is -3.54. The number of nitrogens with zero attached hydrogens (tertiary/aromatic N) is 5. The number of halogens is 1. The van der Waals surface area contributed by atoms with Crippen molar-refractivity contribution in [2.24, 2.45) is 7.05 Å². The number of hydrogen-bond donors (Lipinski definition) is 4. The van der Waals surface area contributed by atoms with Crippen molar-refractivity contribution in [1.82, 2.24) is 19.7 Å². The first-order valence-corrected chi connectivity index (χ1v) is 16.9. The van der Waals surface area contributed by atoms with E-state index in [0.717, 1.165) is 54.8 Å². The second-order valence-corrected chi connectivity index (χ2v) is 13.4. The fourth-order valence-corrected chi connectivity index (χ4v) is 6.36. The molecule has 2 aromatic carbocycles. The molecule has 4 N–H and O–H groups in total. The Hall–Kier alpha value is -4.43. The summed E-state index contributed by atoms with van der Waals surface area (Å²) in [5.41, 5.74) is 4.63. The number of rotatable bonds is 10. The molecule has 4 heterocycles. The lowest BCUT2D eigenvalue weighted by Crippen LogP contribution is -2.39. The van der Waals surface area contributed by atoms with Crippen LogP contribution in [0.25, 0.3) is 0 Å². The smallest absolute Gasteiger partial charge is 0.229 e. The highest BCUT2D eigenvalue weighted by atomic mass is 35.5. The number of benzene rings is 2. The van der Waals surface area contributed by atoms with Gasteiger partial charge in [0.1, 0.15) is 22.3 Å². The molecule has 4 aromatic rings. The number of piperidine rings is 1. The normalized spacial score (nSPS) is 14.9. The van der Waals surface area contributed by atoms with Crippen LogP contribution in [0.15, 0.2) is 42.7 Å². The van der Waals surface area contributed by atoms with E-state index >= 15 is 0 Å². The molecule has 45 heavy (non-hydrogen) atoms. The lowest BCUT2D eigenvalue weighted by Gasteiger charge is -2.35. The highest BCUT2D eigenvalue weighted by molar-refractivity contribution is 7.92. The maximum Gasteiger partial charge on any atom is 0.229 e. The molecule has 0 spiro atoms. The van der Waals surface area contributed by atoms with Gasteiger partial charge in [-0.05, 0) is 43.0 Å². The molecule has 0 unspecified atom stereocenters. The molecule has 0 amide bonds. The fraction of sp³-hybridized carbons (Fsp3) is 0.367. The van der Waals surface area contributed by atoms with Crippen LogP contribution >= 0.6 is 11.6 Å². The van der Waals surface area contributed by atoms with Crippen LogP contribution < -0.4 is 35.0 Å². The van der Waals surface area contributed by atoms with Gasteiger partial charge in [-0.2, -0.15) is 10.1 Å². The molecule has 2 aliphatic rings. The van der Waals surface area contributed by atoms with Crippen molar-refractivity contribution >= 4 is 62.0 Å². The van der Waals surface area contributed by atoms with Gasteiger partial charge in [0.15, 0.2) is 5.82 Å². The molecular formula is C30H36ClN9O4S. The van der Waals surface area contributed by atoms with Crippen LogP contribution in [0.4, 0.5) is 40.3 Å². The minimum Gasteiger partial charge on any atom is -0.494 e. The van der Waals surface area contributed by atoms with Gasteiger partial charge >= 0.3 is 0 Å². The number of aromatic nitrogens is 4. The van der Waals surface area contributed by atoms with Gasteiger partial charge in [-0.25, -0.2) is 13.4 Å². The molecule has 0 bridgehead atoms. The third-order valence-corrected chi connectivity index (χ3v) is 8.76. The fourth-order valence-electron chi connectivity index (χ4n) is 5.65. The largest absolute Gasteiger partial charge is 0.494 e. The summed E-state index contributed by atoms with van der Waals surface area (Å²) in [4.78, 5) is 11.3. The van der Waals surface area contributed by atoms with E-state index in [0.29, 0.717) is 53.4 Å². The van der Waals surface area contributed by atoms with Crippen molar-refractivity contribution in [2.45, 2.75) is 32.2 Å². The molecule has 0 atom stereocenters. The number of sulfonamides is 1. The Balaban J connectivity index is 1.19. The van der Waals surface area contributed by atoms with Gasteiger partial charge in [-0.1, -0.05) is 11.6 Å². The Morgan fingerprint density at radius 1 is 1.09 bits per heavy atom. The van der Waals surface area contributed by atoms with Gasteiger partial charge in [-0.15, -0.1) is 0 Å². The number of nitrogens with one attached hydrogen (secondary N) is 4. The molecule has 6 rings (SSSR count). The zero-order chi connectivity index (χ0) is 31.7. The van der Waals surface area contributed by atoms with Gasteiger partial charge in [0, 0.05) is 56.5 Å². The van der Waals surface area contributed by atoms with Crippen molar-refractivity contribution in [2.75, 3.05) is 58.6 Å². The number of aryl methyl sites for hydroxylation is 2. The van der Waals surface area contributed by atoms with E-state index in [9.17, 15) is 8.42 Å². The van der Waals surface area contributed by atoms with E-state index < -0.39 is 10.0 Å². The summed E-state index contributed by atoms with van der Waals surface area (Å²) < 4.78 is 40.0. The average Bonchev–Trinajstić information content (AvgIpc) is 3.62. The Morgan fingerprint density at radius 3 is 2.60 bits per heavy atom. The van der Waals surface area contributed by atoms with E-state index in [2.05, 4.69) is 47.6 Å². The van der Waals surface area contributed by atoms with Crippen molar-refractivity contribution < 1.29 is 17.9 Å². The first kappa shape index (κ1) is 30.6. The van der Waals surface area contributed by atoms with Crippen molar-refractivity contribution in [3.8, 4) is 11.5 Å². The first-order valence-electron chi connectivity index (χ1n) is 14.6. The summed E-state index contributed by atoms with van der Waals surface area (Å²) in [6.07, 6.45) is 7.07. The number of anilines is 7. The van der Waals surface area contributed by atoms with Crippen molar-refractivity contribution in [3.05, 3.63) is 58.9 Å². The van der Waals surface area contributed by atoms with E-state index in [1.54, 1.807) is 25.4 Å². The second-order valence-electron chi connectivity index (χ2n) is 11.2. The molecule has 1 fully saturated rings.